The molecule has 1 heterocycles. The van der Waals surface area contributed by atoms with Crippen molar-refractivity contribution < 1.29 is 4.79 Å². The Hall–Kier alpha value is -1.26. The smallest absolute Gasteiger partial charge is 0.321 e. The Bertz CT molecular complexity index is 549. The van der Waals surface area contributed by atoms with Gasteiger partial charge in [-0.15, -0.1) is 0 Å². The van der Waals surface area contributed by atoms with Crippen LogP contribution in [-0.4, -0.2) is 48.1 Å². The lowest BCUT2D eigenvalue weighted by molar-refractivity contribution is 0.0943. The minimum absolute atomic E-state index is 0.0202. The van der Waals surface area contributed by atoms with E-state index >= 15 is 0 Å². The van der Waals surface area contributed by atoms with Gasteiger partial charge < -0.3 is 10.2 Å². The van der Waals surface area contributed by atoms with Gasteiger partial charge in [0.25, 0.3) is 0 Å². The van der Waals surface area contributed by atoms with Crippen molar-refractivity contribution in [2.75, 3.05) is 31.5 Å². The molecule has 0 radical (unpaired) electrons. The molecule has 0 bridgehead atoms. The molecule has 1 saturated heterocycles. The maximum Gasteiger partial charge on any atom is 0.321 e. The number of piperazine rings is 1. The van der Waals surface area contributed by atoms with E-state index in [2.05, 4.69) is 10.2 Å². The van der Waals surface area contributed by atoms with Crippen molar-refractivity contribution in [3.63, 3.8) is 0 Å². The molecule has 1 saturated carbocycles. The van der Waals surface area contributed by atoms with E-state index < -0.39 is 0 Å². The molecule has 2 amide bonds. The summed E-state index contributed by atoms with van der Waals surface area (Å²) in [5, 5.41) is 3.64. The molecule has 0 spiro atoms. The number of nitrogens with zero attached hydrogens (tertiary/aromatic N) is 2. The van der Waals surface area contributed by atoms with Crippen molar-refractivity contribution in [1.29, 1.82) is 0 Å². The van der Waals surface area contributed by atoms with Crippen LogP contribution in [0.3, 0.4) is 0 Å². The van der Waals surface area contributed by atoms with Crippen LogP contribution < -0.4 is 5.32 Å². The van der Waals surface area contributed by atoms with Crippen LogP contribution >= 0.6 is 11.6 Å². The van der Waals surface area contributed by atoms with Crippen molar-refractivity contribution in [2.45, 2.75) is 45.1 Å². The fraction of sp³-hybridized carbons (Fsp3) is 0.611. The molecule has 126 valence electrons. The summed E-state index contributed by atoms with van der Waals surface area (Å²) in [6.45, 7) is 5.56. The fourth-order valence-electron chi connectivity index (χ4n) is 3.61. The number of benzene rings is 1. The maximum atomic E-state index is 12.4. The number of amides is 2. The van der Waals surface area contributed by atoms with Crippen LogP contribution in [0, 0.1) is 6.92 Å². The van der Waals surface area contributed by atoms with E-state index in [1.807, 2.05) is 30.0 Å². The lowest BCUT2D eigenvalue weighted by atomic mass is 9.94. The Morgan fingerprint density at radius 3 is 2.48 bits per heavy atom. The highest BCUT2D eigenvalue weighted by atomic mass is 35.5. The standard InChI is InChI=1S/C18H26ClN3O/c1-14-7-8-15(13-17(14)19)20-18(23)22-11-9-21(10-12-22)16-5-3-2-4-6-16/h7-8,13,16H,2-6,9-12H2,1H3,(H,20,23). The Balaban J connectivity index is 1.50. The highest BCUT2D eigenvalue weighted by Gasteiger charge is 2.27. The molecule has 2 aliphatic rings. The molecule has 2 fully saturated rings. The number of nitrogens with one attached hydrogen (secondary N) is 1. The third-order valence-corrected chi connectivity index (χ3v) is 5.52. The average molecular weight is 336 g/mol. The van der Waals surface area contributed by atoms with Gasteiger partial charge in [0.2, 0.25) is 0 Å². The minimum Gasteiger partial charge on any atom is -0.322 e. The molecule has 3 rings (SSSR count). The zero-order valence-corrected chi connectivity index (χ0v) is 14.6. The van der Waals surface area contributed by atoms with Gasteiger partial charge in [0, 0.05) is 42.9 Å². The first-order valence-corrected chi connectivity index (χ1v) is 9.07. The quantitative estimate of drug-likeness (QED) is 0.882. The number of hydrogen-bond acceptors (Lipinski definition) is 2. The van der Waals surface area contributed by atoms with E-state index in [4.69, 9.17) is 11.6 Å². The van der Waals surface area contributed by atoms with Gasteiger partial charge in [-0.3, -0.25) is 4.90 Å². The number of carbonyl (C=O) groups excluding carboxylic acids is 1. The maximum absolute atomic E-state index is 12.4. The number of rotatable bonds is 2. The van der Waals surface area contributed by atoms with Gasteiger partial charge in [0.05, 0.1) is 0 Å². The zero-order valence-electron chi connectivity index (χ0n) is 13.9. The van der Waals surface area contributed by atoms with Crippen LogP contribution in [0.4, 0.5) is 10.5 Å². The molecule has 4 nitrogen and oxygen atoms in total. The molecule has 0 aromatic heterocycles. The van der Waals surface area contributed by atoms with Gasteiger partial charge in [-0.1, -0.05) is 36.9 Å². The lowest BCUT2D eigenvalue weighted by Gasteiger charge is -2.40. The zero-order chi connectivity index (χ0) is 16.2. The van der Waals surface area contributed by atoms with Crippen LogP contribution in [-0.2, 0) is 0 Å². The van der Waals surface area contributed by atoms with Crippen LogP contribution in [0.15, 0.2) is 18.2 Å². The van der Waals surface area contributed by atoms with Crippen LogP contribution in [0.5, 0.6) is 0 Å². The summed E-state index contributed by atoms with van der Waals surface area (Å²) in [6, 6.07) is 6.36. The second-order valence-electron chi connectivity index (χ2n) is 6.71. The largest absolute Gasteiger partial charge is 0.322 e. The van der Waals surface area contributed by atoms with E-state index in [0.29, 0.717) is 5.02 Å². The molecule has 1 aliphatic heterocycles. The number of urea groups is 1. The summed E-state index contributed by atoms with van der Waals surface area (Å²) >= 11 is 6.12. The third kappa shape index (κ3) is 4.18. The predicted octanol–water partition coefficient (Wildman–Crippen LogP) is 4.13. The number of halogens is 1. The summed E-state index contributed by atoms with van der Waals surface area (Å²) in [6.07, 6.45) is 6.76. The Morgan fingerprint density at radius 1 is 1.13 bits per heavy atom. The SMILES string of the molecule is Cc1ccc(NC(=O)N2CCN(C3CCCCC3)CC2)cc1Cl. The topological polar surface area (TPSA) is 35.6 Å². The van der Waals surface area contributed by atoms with Gasteiger partial charge in [-0.05, 0) is 37.5 Å². The number of aryl methyl sites for hydroxylation is 1. The number of carbonyl (C=O) groups is 1. The van der Waals surface area contributed by atoms with Crippen LogP contribution in [0.25, 0.3) is 0 Å². The second-order valence-corrected chi connectivity index (χ2v) is 7.12. The number of anilines is 1. The molecule has 1 aromatic carbocycles. The van der Waals surface area contributed by atoms with Gasteiger partial charge in [-0.25, -0.2) is 4.79 Å². The molecular weight excluding hydrogens is 310 g/mol. The Morgan fingerprint density at radius 2 is 1.83 bits per heavy atom. The Labute approximate surface area is 143 Å². The molecule has 1 aliphatic carbocycles. The number of hydrogen-bond donors (Lipinski definition) is 1. The molecule has 1 aromatic rings. The lowest BCUT2D eigenvalue weighted by Crippen LogP contribution is -2.53. The van der Waals surface area contributed by atoms with Crippen LogP contribution in [0.1, 0.15) is 37.7 Å². The molecule has 0 unspecified atom stereocenters. The van der Waals surface area contributed by atoms with E-state index in [-0.39, 0.29) is 6.03 Å². The van der Waals surface area contributed by atoms with E-state index in [1.54, 1.807) is 0 Å². The van der Waals surface area contributed by atoms with Crippen molar-refractivity contribution in [2.24, 2.45) is 0 Å². The summed E-state index contributed by atoms with van der Waals surface area (Å²) in [7, 11) is 0. The van der Waals surface area contributed by atoms with Gasteiger partial charge in [0.1, 0.15) is 0 Å². The van der Waals surface area contributed by atoms with Crippen molar-refractivity contribution in [3.05, 3.63) is 28.8 Å². The molecule has 5 heteroatoms. The van der Waals surface area contributed by atoms with Crippen molar-refractivity contribution in [3.8, 4) is 0 Å². The van der Waals surface area contributed by atoms with Gasteiger partial charge >= 0.3 is 6.03 Å². The molecule has 23 heavy (non-hydrogen) atoms. The van der Waals surface area contributed by atoms with E-state index in [0.717, 1.165) is 43.5 Å². The van der Waals surface area contributed by atoms with Gasteiger partial charge in [0.15, 0.2) is 0 Å². The van der Waals surface area contributed by atoms with E-state index in [1.165, 1.54) is 32.1 Å². The summed E-state index contributed by atoms with van der Waals surface area (Å²) in [5.74, 6) is 0. The van der Waals surface area contributed by atoms with E-state index in [9.17, 15) is 4.79 Å². The van der Waals surface area contributed by atoms with Crippen molar-refractivity contribution >= 4 is 23.3 Å². The monoisotopic (exact) mass is 335 g/mol. The second kappa shape index (κ2) is 7.54. The molecular formula is C18H26ClN3O. The molecule has 0 atom stereocenters. The van der Waals surface area contributed by atoms with Gasteiger partial charge in [-0.2, -0.15) is 0 Å². The first-order valence-electron chi connectivity index (χ1n) is 8.69. The molecule has 1 N–H and O–H groups in total. The first kappa shape index (κ1) is 16.6. The fourth-order valence-corrected chi connectivity index (χ4v) is 3.79. The summed E-state index contributed by atoms with van der Waals surface area (Å²) in [5.41, 5.74) is 1.78. The normalized spacial score (nSPS) is 20.5. The first-order chi connectivity index (χ1) is 11.1. The third-order valence-electron chi connectivity index (χ3n) is 5.12. The highest BCUT2D eigenvalue weighted by Crippen LogP contribution is 2.24. The Kier molecular flexibility index (Phi) is 5.44. The summed E-state index contributed by atoms with van der Waals surface area (Å²) < 4.78 is 0. The average Bonchev–Trinajstić information content (AvgIpc) is 2.59. The summed E-state index contributed by atoms with van der Waals surface area (Å²) in [4.78, 5) is 16.9. The minimum atomic E-state index is -0.0202. The predicted molar refractivity (Wildman–Crippen MR) is 95.2 cm³/mol. The highest BCUT2D eigenvalue weighted by molar-refractivity contribution is 6.31. The van der Waals surface area contributed by atoms with Crippen molar-refractivity contribution in [1.82, 2.24) is 9.80 Å². The van der Waals surface area contributed by atoms with Crippen LogP contribution in [0.2, 0.25) is 5.02 Å².